The van der Waals surface area contributed by atoms with Crippen LogP contribution < -0.4 is 19.9 Å². The van der Waals surface area contributed by atoms with Gasteiger partial charge in [-0.05, 0) is 30.7 Å². The molecule has 7 heteroatoms. The van der Waals surface area contributed by atoms with E-state index in [-0.39, 0.29) is 6.61 Å². The van der Waals surface area contributed by atoms with Crippen LogP contribution in [0.3, 0.4) is 0 Å². The fourth-order valence-electron chi connectivity index (χ4n) is 4.09. The Morgan fingerprint density at radius 1 is 1.17 bits per heavy atom. The highest BCUT2D eigenvalue weighted by Gasteiger charge is 2.24. The van der Waals surface area contributed by atoms with Gasteiger partial charge in [-0.25, -0.2) is 9.13 Å². The fourth-order valence-corrected chi connectivity index (χ4v) is 4.09. The van der Waals surface area contributed by atoms with Gasteiger partial charge >= 0.3 is 5.95 Å². The first kappa shape index (κ1) is 20.7. The number of benzene rings is 2. The van der Waals surface area contributed by atoms with Crippen molar-refractivity contribution in [3.05, 3.63) is 54.1 Å². The lowest BCUT2D eigenvalue weighted by Crippen LogP contribution is -3.14. The summed E-state index contributed by atoms with van der Waals surface area (Å²) in [5.74, 6) is 1.46. The van der Waals surface area contributed by atoms with Crippen LogP contribution in [0.1, 0.15) is 5.56 Å². The minimum absolute atomic E-state index is 0.217. The maximum absolute atomic E-state index is 10.7. The maximum Gasteiger partial charge on any atom is 0.356 e. The highest BCUT2D eigenvalue weighted by atomic mass is 16.5. The number of nitrogens with zero attached hydrogens (tertiary/aromatic N) is 2. The van der Waals surface area contributed by atoms with Crippen LogP contribution in [0.15, 0.2) is 48.5 Å². The van der Waals surface area contributed by atoms with Gasteiger partial charge in [0, 0.05) is 0 Å². The molecule has 4 N–H and O–H groups in total. The van der Waals surface area contributed by atoms with Crippen LogP contribution in [-0.4, -0.2) is 55.2 Å². The number of nitrogens with one attached hydrogen (secondary N) is 1. The Labute approximate surface area is 177 Å². The fraction of sp³-hybridized carbons (Fsp3) is 0.435. The predicted octanol–water partition coefficient (Wildman–Crippen LogP) is 0.174. The Hall–Kier alpha value is -2.61. The molecule has 2 aromatic carbocycles. The third-order valence-electron chi connectivity index (χ3n) is 5.82. The number of aliphatic hydroxyl groups excluding tert-OH is 1. The van der Waals surface area contributed by atoms with Gasteiger partial charge in [0.1, 0.15) is 62.2 Å². The first-order valence-electron chi connectivity index (χ1n) is 10.7. The summed E-state index contributed by atoms with van der Waals surface area (Å²) in [6, 6.07) is 16.0. The Balaban J connectivity index is 1.47. The lowest BCUT2D eigenvalue weighted by molar-refractivity contribution is -0.908. The quantitative estimate of drug-likeness (QED) is 0.461. The lowest BCUT2D eigenvalue weighted by atomic mass is 10.2. The monoisotopic (exact) mass is 412 g/mol. The van der Waals surface area contributed by atoms with Crippen LogP contribution in [0.5, 0.6) is 5.75 Å². The molecule has 1 fully saturated rings. The van der Waals surface area contributed by atoms with E-state index in [1.807, 2.05) is 47.9 Å². The third-order valence-corrected chi connectivity index (χ3v) is 5.82. The second-order valence-electron chi connectivity index (χ2n) is 7.95. The number of ether oxygens (including phenoxy) is 2. The number of anilines is 1. The van der Waals surface area contributed by atoms with Gasteiger partial charge in [0.15, 0.2) is 0 Å². The summed E-state index contributed by atoms with van der Waals surface area (Å²) >= 11 is 0. The standard InChI is InChI=1S/C23H30N4O3/c1-18-6-2-5-9-22(18)30-17-19(28)16-27-21-8-4-3-7-20(21)26(23(27)24)11-10-25-12-14-29-15-13-25/h2-9,19,24,28H,10-17H2,1H3/p+2/t19-/m1/s1. The van der Waals surface area contributed by atoms with Crippen LogP contribution >= 0.6 is 0 Å². The average Bonchev–Trinajstić information content (AvgIpc) is 3.03. The second kappa shape index (κ2) is 9.47. The van der Waals surface area contributed by atoms with Crippen molar-refractivity contribution in [2.75, 3.05) is 45.2 Å². The van der Waals surface area contributed by atoms with Gasteiger partial charge in [-0.3, -0.25) is 5.73 Å². The van der Waals surface area contributed by atoms with E-state index in [1.165, 1.54) is 4.90 Å². The van der Waals surface area contributed by atoms with Gasteiger partial charge in [0.05, 0.1) is 13.2 Å². The van der Waals surface area contributed by atoms with Crippen molar-refractivity contribution in [2.45, 2.75) is 26.1 Å². The number of nitrogens with two attached hydrogens (primary N) is 1. The van der Waals surface area contributed by atoms with Crippen LogP contribution in [-0.2, 0) is 17.8 Å². The molecule has 1 aliphatic heterocycles. The molecule has 0 bridgehead atoms. The molecule has 0 unspecified atom stereocenters. The van der Waals surface area contributed by atoms with E-state index in [4.69, 9.17) is 15.2 Å². The summed E-state index contributed by atoms with van der Waals surface area (Å²) in [7, 11) is 0. The number of nitrogen functional groups attached to an aromatic ring is 1. The van der Waals surface area contributed by atoms with Crippen molar-refractivity contribution in [1.29, 1.82) is 0 Å². The number of aliphatic hydroxyl groups is 1. The molecule has 0 aliphatic carbocycles. The van der Waals surface area contributed by atoms with Gasteiger partial charge in [-0.1, -0.05) is 30.3 Å². The Bertz CT molecular complexity index is 982. The Morgan fingerprint density at radius 3 is 2.70 bits per heavy atom. The van der Waals surface area contributed by atoms with Gasteiger partial charge in [0.25, 0.3) is 0 Å². The molecule has 0 radical (unpaired) electrons. The smallest absolute Gasteiger partial charge is 0.356 e. The molecule has 1 saturated heterocycles. The SMILES string of the molecule is Cc1ccccc1OC[C@H](O)C[n+]1c(N)n(CC[NH+]2CCOCC2)c2ccccc21. The number of imidazole rings is 1. The largest absolute Gasteiger partial charge is 0.490 e. The summed E-state index contributed by atoms with van der Waals surface area (Å²) in [5, 5.41) is 10.7. The highest BCUT2D eigenvalue weighted by Crippen LogP contribution is 2.18. The highest BCUT2D eigenvalue weighted by molar-refractivity contribution is 5.73. The molecule has 7 nitrogen and oxygen atoms in total. The van der Waals surface area contributed by atoms with E-state index in [0.717, 1.165) is 61.7 Å². The molecule has 1 atom stereocenters. The minimum atomic E-state index is -0.666. The number of fused-ring (bicyclic) bond motifs is 1. The molecule has 160 valence electrons. The van der Waals surface area contributed by atoms with Gasteiger partial charge in [-0.2, -0.15) is 0 Å². The normalized spacial score (nSPS) is 16.1. The third kappa shape index (κ3) is 4.59. The van der Waals surface area contributed by atoms with E-state index in [1.54, 1.807) is 0 Å². The molecule has 30 heavy (non-hydrogen) atoms. The first-order valence-corrected chi connectivity index (χ1v) is 10.7. The number of aryl methyl sites for hydroxylation is 1. The zero-order valence-electron chi connectivity index (χ0n) is 17.6. The van der Waals surface area contributed by atoms with Crippen molar-refractivity contribution in [1.82, 2.24) is 4.57 Å². The minimum Gasteiger partial charge on any atom is -0.490 e. The average molecular weight is 413 g/mol. The van der Waals surface area contributed by atoms with Gasteiger partial charge in [0.2, 0.25) is 0 Å². The Kier molecular flexibility index (Phi) is 6.52. The van der Waals surface area contributed by atoms with Gasteiger partial charge in [-0.15, -0.1) is 0 Å². The van der Waals surface area contributed by atoms with Gasteiger partial charge < -0.3 is 19.5 Å². The molecule has 0 saturated carbocycles. The summed E-state index contributed by atoms with van der Waals surface area (Å²) in [6.45, 7) is 8.16. The van der Waals surface area contributed by atoms with Crippen LogP contribution in [0.2, 0.25) is 0 Å². The molecular weight excluding hydrogens is 380 g/mol. The molecule has 1 aromatic heterocycles. The lowest BCUT2D eigenvalue weighted by Gasteiger charge is -2.23. The summed E-state index contributed by atoms with van der Waals surface area (Å²) < 4.78 is 15.4. The number of para-hydroxylation sites is 3. The summed E-state index contributed by atoms with van der Waals surface area (Å²) in [4.78, 5) is 1.54. The van der Waals surface area contributed by atoms with E-state index < -0.39 is 6.10 Å². The van der Waals surface area contributed by atoms with E-state index in [9.17, 15) is 5.11 Å². The number of hydrogen-bond donors (Lipinski definition) is 3. The summed E-state index contributed by atoms with van der Waals surface area (Å²) in [6.07, 6.45) is -0.666. The van der Waals surface area contributed by atoms with Crippen molar-refractivity contribution in [3.8, 4) is 5.75 Å². The van der Waals surface area contributed by atoms with Crippen molar-refractivity contribution in [2.24, 2.45) is 0 Å². The van der Waals surface area contributed by atoms with Crippen molar-refractivity contribution < 1.29 is 24.0 Å². The number of rotatable bonds is 8. The maximum atomic E-state index is 10.7. The van der Waals surface area contributed by atoms with Crippen LogP contribution in [0, 0.1) is 6.92 Å². The van der Waals surface area contributed by atoms with E-state index in [0.29, 0.717) is 12.5 Å². The van der Waals surface area contributed by atoms with E-state index in [2.05, 4.69) is 16.7 Å². The van der Waals surface area contributed by atoms with E-state index >= 15 is 0 Å². The molecule has 0 spiro atoms. The zero-order chi connectivity index (χ0) is 20.9. The number of hydrogen-bond acceptors (Lipinski definition) is 4. The number of aromatic nitrogens is 2. The van der Waals surface area contributed by atoms with Crippen LogP contribution in [0.25, 0.3) is 11.0 Å². The zero-order valence-corrected chi connectivity index (χ0v) is 17.6. The first-order chi connectivity index (χ1) is 14.6. The predicted molar refractivity (Wildman–Crippen MR) is 116 cm³/mol. The van der Waals surface area contributed by atoms with Crippen molar-refractivity contribution in [3.63, 3.8) is 0 Å². The number of quaternary nitrogens is 1. The van der Waals surface area contributed by atoms with Crippen molar-refractivity contribution >= 4 is 17.0 Å². The summed E-state index contributed by atoms with van der Waals surface area (Å²) in [5.41, 5.74) is 9.73. The molecule has 3 aromatic rings. The molecular formula is C23H32N4O3+2. The number of morpholine rings is 1. The molecule has 0 amide bonds. The molecule has 1 aliphatic rings. The second-order valence-corrected chi connectivity index (χ2v) is 7.95. The topological polar surface area (TPSA) is 78.0 Å². The van der Waals surface area contributed by atoms with Crippen LogP contribution in [0.4, 0.5) is 5.95 Å². The molecule has 2 heterocycles. The Morgan fingerprint density at radius 2 is 1.90 bits per heavy atom. The molecule has 4 rings (SSSR count).